The van der Waals surface area contributed by atoms with E-state index in [-0.39, 0.29) is 59.8 Å². The van der Waals surface area contributed by atoms with Crippen LogP contribution in [0, 0.1) is 0 Å². The molecule has 7 amide bonds. The van der Waals surface area contributed by atoms with Crippen molar-refractivity contribution in [3.05, 3.63) is 137 Å². The summed E-state index contributed by atoms with van der Waals surface area (Å²) in [5.74, 6) is -4.17. The SMILES string of the molecule is CC1C[C@H](NC(=O)[C@@H](NC(=O)CCc2ccc(O)cc2)[C@H](C)O)C(=O)N1[C@H]1CC(C)N([C@@H](CCCCN)C(=O)NC(CCCCNC(=O)c2ccc(C(=C\C=C3\N(C)c4ccc(S(=O)(=O)O)cc4C3(C)C)/C=C/C3=[N+](C)c4ccc(S(=O)(=O)O)cc4C3(C)C)nc2)C(N)=O)C1=O. The van der Waals surface area contributed by atoms with Crippen LogP contribution in [0.25, 0.3) is 5.57 Å². The van der Waals surface area contributed by atoms with Gasteiger partial charge in [0.25, 0.3) is 26.1 Å². The number of aliphatic hydroxyl groups is 1. The predicted molar refractivity (Wildman–Crippen MR) is 359 cm³/mol. The number of aromatic nitrogens is 1. The molecular weight excluding hydrogens is 1270 g/mol. The maximum absolute atomic E-state index is 14.6. The third-order valence-corrected chi connectivity index (χ3v) is 20.4. The van der Waals surface area contributed by atoms with Crippen molar-refractivity contribution in [2.45, 2.75) is 182 Å². The fourth-order valence-electron chi connectivity index (χ4n) is 13.4. The van der Waals surface area contributed by atoms with Crippen molar-refractivity contribution in [3.63, 3.8) is 0 Å². The zero-order chi connectivity index (χ0) is 70.5. The number of rotatable bonds is 28. The molecule has 4 aliphatic rings. The van der Waals surface area contributed by atoms with E-state index in [4.69, 9.17) is 16.5 Å². The van der Waals surface area contributed by atoms with Gasteiger partial charge in [-0.1, -0.05) is 32.1 Å². The van der Waals surface area contributed by atoms with Crippen LogP contribution in [0.1, 0.15) is 139 Å². The van der Waals surface area contributed by atoms with Gasteiger partial charge in [0.05, 0.1) is 32.6 Å². The number of phenols is 1. The zero-order valence-electron chi connectivity index (χ0n) is 55.4. The van der Waals surface area contributed by atoms with Gasteiger partial charge in [-0.2, -0.15) is 21.4 Å². The number of hydrogen-bond donors (Lipinski definition) is 10. The number of aromatic hydroxyl groups is 1. The van der Waals surface area contributed by atoms with Crippen LogP contribution in [0.4, 0.5) is 11.4 Å². The van der Waals surface area contributed by atoms with Gasteiger partial charge in [0, 0.05) is 78.4 Å². The van der Waals surface area contributed by atoms with Gasteiger partial charge >= 0.3 is 0 Å². The number of carbonyl (C=O) groups excluding carboxylic acids is 7. The lowest BCUT2D eigenvalue weighted by Gasteiger charge is -2.33. The Morgan fingerprint density at radius 2 is 1.47 bits per heavy atom. The summed E-state index contributed by atoms with van der Waals surface area (Å²) in [4.78, 5) is 105. The highest BCUT2D eigenvalue weighted by Crippen LogP contribution is 2.48. The lowest BCUT2D eigenvalue weighted by molar-refractivity contribution is -0.401. The maximum Gasteiger partial charge on any atom is 0.294 e. The van der Waals surface area contributed by atoms with E-state index < -0.39 is 121 Å². The Kier molecular flexibility index (Phi) is 22.7. The van der Waals surface area contributed by atoms with Crippen molar-refractivity contribution >= 4 is 84.2 Å². The molecule has 8 atom stereocenters. The summed E-state index contributed by atoms with van der Waals surface area (Å²) in [6, 6.07) is 11.6. The fourth-order valence-corrected chi connectivity index (χ4v) is 14.4. The Balaban J connectivity index is 0.899. The summed E-state index contributed by atoms with van der Waals surface area (Å²) < 4.78 is 70.4. The summed E-state index contributed by atoms with van der Waals surface area (Å²) in [6.45, 7) is 13.0. The topological polar surface area (TPSA) is 394 Å². The number of allylic oxidation sites excluding steroid dienone is 6. The number of likely N-dealkylation sites (tertiary alicyclic amines) is 2. The van der Waals surface area contributed by atoms with Crippen molar-refractivity contribution in [3.8, 4) is 5.75 Å². The summed E-state index contributed by atoms with van der Waals surface area (Å²) >= 11 is 0. The van der Waals surface area contributed by atoms with Crippen LogP contribution >= 0.6 is 0 Å². The quantitative estimate of drug-likeness (QED) is 0.0165. The molecule has 516 valence electrons. The van der Waals surface area contributed by atoms with Gasteiger partial charge < -0.3 is 57.6 Å². The third-order valence-electron chi connectivity index (χ3n) is 18.7. The molecule has 2 saturated heterocycles. The van der Waals surface area contributed by atoms with Crippen LogP contribution in [-0.4, -0.2) is 178 Å². The Morgan fingerprint density at radius 3 is 2.09 bits per heavy atom. The molecule has 28 heteroatoms. The molecule has 1 aromatic heterocycles. The number of carbonyl (C=O) groups is 7. The lowest BCUT2D eigenvalue weighted by atomic mass is 9.81. The third kappa shape index (κ3) is 16.2. The normalized spacial score (nSPS) is 20.9. The molecule has 0 spiro atoms. The molecule has 5 heterocycles. The number of nitrogens with one attached hydrogen (secondary N) is 4. The van der Waals surface area contributed by atoms with E-state index in [0.717, 1.165) is 28.3 Å². The van der Waals surface area contributed by atoms with E-state index in [9.17, 15) is 69.7 Å². The van der Waals surface area contributed by atoms with Crippen molar-refractivity contribution in [2.24, 2.45) is 11.5 Å². The first kappa shape index (κ1) is 73.1. The van der Waals surface area contributed by atoms with E-state index >= 15 is 0 Å². The minimum absolute atomic E-state index is 0.0225. The van der Waals surface area contributed by atoms with Gasteiger partial charge in [0.2, 0.25) is 41.1 Å². The van der Waals surface area contributed by atoms with E-state index in [1.54, 1.807) is 50.2 Å². The number of aliphatic hydroxyl groups excluding tert-OH is 1. The Hall–Kier alpha value is -8.67. The van der Waals surface area contributed by atoms with E-state index in [1.165, 1.54) is 59.3 Å². The highest BCUT2D eigenvalue weighted by Gasteiger charge is 2.52. The summed E-state index contributed by atoms with van der Waals surface area (Å²) in [5.41, 5.74) is 16.6. The number of hydrogen-bond acceptors (Lipinski definition) is 16. The molecule has 0 radical (unpaired) electrons. The number of nitrogens with two attached hydrogens (primary N) is 2. The van der Waals surface area contributed by atoms with Crippen molar-refractivity contribution < 1.29 is 74.3 Å². The van der Waals surface area contributed by atoms with Crippen molar-refractivity contribution in [1.82, 2.24) is 36.1 Å². The standard InChI is InChI=1S/C68H87N11O15S2/c1-39-34-52(74-64(86)60(41(3)80)75-59(82)31-18-42-16-22-45(81)23-17-42)65(87)79(39)56-35-40(2)78(66(56)88)55(15-10-12-32-69)63(85)73-51(61(70)83)14-11-13-33-71-62(84)44-19-26-50(72-38-44)43(20-29-57-67(4,5)48-36-46(95(89,90)91)24-27-53(48)76(57)8)21-30-58-68(6,7)49-37-47(96(92,93)94)25-28-54(49)77(58)9/h16-17,19-30,36-41,51-52,55-56,60,80H,10-15,18,31-35,69H2,1-9H3,(H8-,70,71,73,74,75,81,82,83,84,85,86,89,90,91,92,93,94)/p+1/t39?,40?,41-,51?,52-,55-,56-,60-/m0/s1. The smallest absolute Gasteiger partial charge is 0.294 e. The van der Waals surface area contributed by atoms with Gasteiger partial charge in [-0.3, -0.25) is 47.7 Å². The molecule has 26 nitrogen and oxygen atoms in total. The lowest BCUT2D eigenvalue weighted by Crippen LogP contribution is -2.57. The second-order valence-electron chi connectivity index (χ2n) is 26.2. The zero-order valence-corrected chi connectivity index (χ0v) is 57.0. The molecule has 8 rings (SSSR count). The number of fused-ring (bicyclic) bond motifs is 2. The van der Waals surface area contributed by atoms with Crippen LogP contribution in [0.2, 0.25) is 0 Å². The van der Waals surface area contributed by atoms with E-state index in [0.29, 0.717) is 61.0 Å². The number of phenolic OH excluding ortho intramolecular Hbond substituents is 1. The van der Waals surface area contributed by atoms with Crippen molar-refractivity contribution in [2.75, 3.05) is 32.1 Å². The molecule has 0 bridgehead atoms. The summed E-state index contributed by atoms with van der Waals surface area (Å²) in [7, 11) is -5.30. The number of amides is 7. The van der Waals surface area contributed by atoms with Crippen LogP contribution in [0.15, 0.2) is 119 Å². The highest BCUT2D eigenvalue weighted by atomic mass is 32.2. The molecule has 3 unspecified atom stereocenters. The van der Waals surface area contributed by atoms with Crippen LogP contribution in [-0.2, 0) is 66.3 Å². The first-order valence-corrected chi connectivity index (χ1v) is 34.9. The first-order valence-electron chi connectivity index (χ1n) is 32.0. The van der Waals surface area contributed by atoms with Crippen LogP contribution < -0.4 is 37.6 Å². The minimum Gasteiger partial charge on any atom is -0.508 e. The number of unbranched alkanes of at least 4 members (excludes halogenated alkanes) is 2. The monoisotopic (exact) mass is 1360 g/mol. The maximum atomic E-state index is 14.6. The summed E-state index contributed by atoms with van der Waals surface area (Å²) in [5, 5.41) is 31.0. The number of likely N-dealkylation sites (N-methyl/N-ethyl adjacent to an activating group) is 1. The second kappa shape index (κ2) is 29.8. The molecule has 0 saturated carbocycles. The second-order valence-corrected chi connectivity index (χ2v) is 29.0. The molecule has 12 N–H and O–H groups in total. The fraction of sp³-hybridized carbons (Fsp3) is 0.456. The average molecular weight is 1360 g/mol. The molecule has 0 aliphatic carbocycles. The minimum atomic E-state index is -4.49. The largest absolute Gasteiger partial charge is 0.508 e. The molecule has 4 aromatic rings. The average Bonchev–Trinajstić information content (AvgIpc) is 1.61. The van der Waals surface area contributed by atoms with Crippen molar-refractivity contribution in [1.29, 1.82) is 0 Å². The molecule has 2 fully saturated rings. The molecule has 96 heavy (non-hydrogen) atoms. The number of primary amides is 1. The van der Waals surface area contributed by atoms with Gasteiger partial charge in [-0.15, -0.1) is 0 Å². The molecule has 4 aliphatic heterocycles. The number of pyridine rings is 1. The number of aryl methyl sites for hydroxylation is 1. The highest BCUT2D eigenvalue weighted by molar-refractivity contribution is 7.86. The Morgan fingerprint density at radius 1 is 0.812 bits per heavy atom. The predicted octanol–water partition coefficient (Wildman–Crippen LogP) is 4.20. The molecule has 3 aromatic carbocycles. The van der Waals surface area contributed by atoms with Crippen LogP contribution in [0.5, 0.6) is 5.75 Å². The number of nitrogens with zero attached hydrogens (tertiary/aromatic N) is 5. The van der Waals surface area contributed by atoms with Gasteiger partial charge in [0.15, 0.2) is 5.71 Å². The Bertz CT molecular complexity index is 4040. The van der Waals surface area contributed by atoms with Crippen LogP contribution in [0.3, 0.4) is 0 Å². The first-order chi connectivity index (χ1) is 45.1. The molecular formula is C68H88N11O15S2+. The number of benzene rings is 3. The van der Waals surface area contributed by atoms with Gasteiger partial charge in [-0.25, -0.2) is 0 Å². The Labute approximate surface area is 559 Å². The number of anilines is 1. The van der Waals surface area contributed by atoms with E-state index in [1.807, 2.05) is 75.6 Å². The van der Waals surface area contributed by atoms with Gasteiger partial charge in [0.1, 0.15) is 43.0 Å². The summed E-state index contributed by atoms with van der Waals surface area (Å²) in [6.07, 6.45) is 10.0. The van der Waals surface area contributed by atoms with E-state index in [2.05, 4.69) is 21.3 Å². The van der Waals surface area contributed by atoms with Gasteiger partial charge in [-0.05, 0) is 177 Å².